The zero-order valence-corrected chi connectivity index (χ0v) is 10.2. The SMILES string of the molecule is O=C(Cc1ccsc1)NCc1ccc(C(=O)O)o1. The van der Waals surface area contributed by atoms with Crippen molar-refractivity contribution >= 4 is 23.2 Å². The van der Waals surface area contributed by atoms with Crippen molar-refractivity contribution in [2.45, 2.75) is 13.0 Å². The van der Waals surface area contributed by atoms with Crippen LogP contribution >= 0.6 is 11.3 Å². The summed E-state index contributed by atoms with van der Waals surface area (Å²) < 4.78 is 5.02. The van der Waals surface area contributed by atoms with E-state index in [0.29, 0.717) is 12.2 Å². The summed E-state index contributed by atoms with van der Waals surface area (Å²) in [5.74, 6) is -0.948. The quantitative estimate of drug-likeness (QED) is 0.865. The molecule has 2 N–H and O–H groups in total. The molecule has 2 aromatic heterocycles. The fraction of sp³-hybridized carbons (Fsp3) is 0.167. The van der Waals surface area contributed by atoms with E-state index in [-0.39, 0.29) is 18.2 Å². The normalized spacial score (nSPS) is 10.2. The lowest BCUT2D eigenvalue weighted by Gasteiger charge is -2.01. The van der Waals surface area contributed by atoms with Crippen LogP contribution in [0, 0.1) is 0 Å². The molecule has 2 heterocycles. The van der Waals surface area contributed by atoms with E-state index in [1.807, 2.05) is 16.8 Å². The molecule has 0 unspecified atom stereocenters. The number of rotatable bonds is 5. The van der Waals surface area contributed by atoms with Crippen LogP contribution in [-0.2, 0) is 17.8 Å². The Balaban J connectivity index is 1.83. The van der Waals surface area contributed by atoms with Gasteiger partial charge in [-0.2, -0.15) is 11.3 Å². The minimum absolute atomic E-state index is 0.123. The highest BCUT2D eigenvalue weighted by molar-refractivity contribution is 7.07. The van der Waals surface area contributed by atoms with E-state index in [0.717, 1.165) is 5.56 Å². The van der Waals surface area contributed by atoms with Crippen LogP contribution in [0.2, 0.25) is 0 Å². The van der Waals surface area contributed by atoms with E-state index < -0.39 is 5.97 Å². The number of hydrogen-bond donors (Lipinski definition) is 2. The molecular formula is C12H11NO4S. The molecule has 0 bridgehead atoms. The van der Waals surface area contributed by atoms with E-state index in [2.05, 4.69) is 5.32 Å². The van der Waals surface area contributed by atoms with Crippen LogP contribution in [0.4, 0.5) is 0 Å². The molecule has 0 spiro atoms. The second kappa shape index (κ2) is 5.50. The van der Waals surface area contributed by atoms with Gasteiger partial charge in [-0.15, -0.1) is 0 Å². The van der Waals surface area contributed by atoms with Crippen molar-refractivity contribution in [2.75, 3.05) is 0 Å². The summed E-state index contributed by atoms with van der Waals surface area (Å²) in [4.78, 5) is 22.1. The van der Waals surface area contributed by atoms with Gasteiger partial charge in [-0.25, -0.2) is 4.79 Å². The summed E-state index contributed by atoms with van der Waals surface area (Å²) in [6.07, 6.45) is 0.315. The lowest BCUT2D eigenvalue weighted by molar-refractivity contribution is -0.120. The third-order valence-corrected chi connectivity index (χ3v) is 3.01. The molecule has 1 amide bonds. The molecule has 94 valence electrons. The van der Waals surface area contributed by atoms with Crippen LogP contribution in [-0.4, -0.2) is 17.0 Å². The molecule has 0 saturated heterocycles. The van der Waals surface area contributed by atoms with Crippen molar-refractivity contribution in [3.8, 4) is 0 Å². The number of carbonyl (C=O) groups excluding carboxylic acids is 1. The average molecular weight is 265 g/mol. The molecule has 0 saturated carbocycles. The molecule has 0 radical (unpaired) electrons. The molecule has 2 rings (SSSR count). The predicted molar refractivity (Wildman–Crippen MR) is 65.5 cm³/mol. The third kappa shape index (κ3) is 3.21. The van der Waals surface area contributed by atoms with Crippen LogP contribution < -0.4 is 5.32 Å². The first-order chi connectivity index (χ1) is 8.65. The zero-order chi connectivity index (χ0) is 13.0. The predicted octanol–water partition coefficient (Wildman–Crippen LogP) is 1.90. The van der Waals surface area contributed by atoms with Gasteiger partial charge in [-0.05, 0) is 34.5 Å². The molecule has 5 nitrogen and oxygen atoms in total. The highest BCUT2D eigenvalue weighted by Gasteiger charge is 2.10. The first-order valence-electron chi connectivity index (χ1n) is 5.25. The van der Waals surface area contributed by atoms with Gasteiger partial charge in [0.25, 0.3) is 0 Å². The molecule has 18 heavy (non-hydrogen) atoms. The summed E-state index contributed by atoms with van der Waals surface area (Å²) in [5, 5.41) is 15.2. The Morgan fingerprint density at radius 2 is 2.17 bits per heavy atom. The maximum atomic E-state index is 11.6. The Hall–Kier alpha value is -2.08. The highest BCUT2D eigenvalue weighted by atomic mass is 32.1. The van der Waals surface area contributed by atoms with Crippen molar-refractivity contribution in [3.05, 3.63) is 46.0 Å². The summed E-state index contributed by atoms with van der Waals surface area (Å²) in [6, 6.07) is 4.79. The average Bonchev–Trinajstić information content (AvgIpc) is 2.96. The summed E-state index contributed by atoms with van der Waals surface area (Å²) in [6.45, 7) is 0.191. The second-order valence-corrected chi connectivity index (χ2v) is 4.44. The monoisotopic (exact) mass is 265 g/mol. The molecule has 0 fully saturated rings. The minimum Gasteiger partial charge on any atom is -0.475 e. The largest absolute Gasteiger partial charge is 0.475 e. The summed E-state index contributed by atoms with van der Waals surface area (Å²) in [7, 11) is 0. The van der Waals surface area contributed by atoms with Crippen molar-refractivity contribution in [1.29, 1.82) is 0 Å². The minimum atomic E-state index is -1.12. The van der Waals surface area contributed by atoms with Crippen LogP contribution in [0.25, 0.3) is 0 Å². The zero-order valence-electron chi connectivity index (χ0n) is 9.38. The number of thiophene rings is 1. The van der Waals surface area contributed by atoms with E-state index in [1.165, 1.54) is 23.5 Å². The van der Waals surface area contributed by atoms with Gasteiger partial charge in [0.05, 0.1) is 13.0 Å². The van der Waals surface area contributed by atoms with Gasteiger partial charge < -0.3 is 14.8 Å². The van der Waals surface area contributed by atoms with Gasteiger partial charge in [0.1, 0.15) is 5.76 Å². The third-order valence-electron chi connectivity index (χ3n) is 2.28. The fourth-order valence-electron chi connectivity index (χ4n) is 1.41. The first-order valence-corrected chi connectivity index (χ1v) is 6.19. The smallest absolute Gasteiger partial charge is 0.371 e. The Morgan fingerprint density at radius 3 is 2.78 bits per heavy atom. The lowest BCUT2D eigenvalue weighted by Crippen LogP contribution is -2.24. The molecular weight excluding hydrogens is 254 g/mol. The second-order valence-electron chi connectivity index (χ2n) is 3.66. The molecule has 6 heteroatoms. The van der Waals surface area contributed by atoms with Gasteiger partial charge in [-0.1, -0.05) is 0 Å². The van der Waals surface area contributed by atoms with Crippen LogP contribution in [0.15, 0.2) is 33.4 Å². The fourth-order valence-corrected chi connectivity index (χ4v) is 2.08. The van der Waals surface area contributed by atoms with Crippen molar-refractivity contribution in [2.24, 2.45) is 0 Å². The summed E-state index contributed by atoms with van der Waals surface area (Å²) >= 11 is 1.54. The molecule has 2 aromatic rings. The van der Waals surface area contributed by atoms with Crippen LogP contribution in [0.3, 0.4) is 0 Å². The topological polar surface area (TPSA) is 79.5 Å². The van der Waals surface area contributed by atoms with E-state index in [1.54, 1.807) is 0 Å². The molecule has 0 atom stereocenters. The number of furan rings is 1. The molecule has 0 aliphatic heterocycles. The maximum absolute atomic E-state index is 11.6. The van der Waals surface area contributed by atoms with E-state index in [4.69, 9.17) is 9.52 Å². The number of amides is 1. The first kappa shape index (κ1) is 12.4. The Morgan fingerprint density at radius 1 is 1.33 bits per heavy atom. The van der Waals surface area contributed by atoms with Crippen molar-refractivity contribution in [1.82, 2.24) is 5.32 Å². The van der Waals surface area contributed by atoms with E-state index in [9.17, 15) is 9.59 Å². The summed E-state index contributed by atoms with van der Waals surface area (Å²) in [5.41, 5.74) is 0.961. The molecule has 0 aliphatic rings. The van der Waals surface area contributed by atoms with Gasteiger partial charge in [0, 0.05) is 0 Å². The number of nitrogens with one attached hydrogen (secondary N) is 1. The Bertz CT molecular complexity index is 544. The standard InChI is InChI=1S/C12H11NO4S/c14-11(5-8-3-4-18-7-8)13-6-9-1-2-10(17-9)12(15)16/h1-4,7H,5-6H2,(H,13,14)(H,15,16). The highest BCUT2D eigenvalue weighted by Crippen LogP contribution is 2.08. The Kier molecular flexibility index (Phi) is 3.78. The lowest BCUT2D eigenvalue weighted by atomic mass is 10.2. The Labute approximate surface area is 107 Å². The van der Waals surface area contributed by atoms with Gasteiger partial charge in [0.2, 0.25) is 11.7 Å². The van der Waals surface area contributed by atoms with Gasteiger partial charge in [0.15, 0.2) is 0 Å². The van der Waals surface area contributed by atoms with Crippen LogP contribution in [0.5, 0.6) is 0 Å². The van der Waals surface area contributed by atoms with Crippen LogP contribution in [0.1, 0.15) is 21.9 Å². The van der Waals surface area contributed by atoms with Gasteiger partial charge in [-0.3, -0.25) is 4.79 Å². The van der Waals surface area contributed by atoms with Gasteiger partial charge >= 0.3 is 5.97 Å². The maximum Gasteiger partial charge on any atom is 0.371 e. The number of carboxylic acid groups (broad SMARTS) is 1. The van der Waals surface area contributed by atoms with Crippen molar-refractivity contribution < 1.29 is 19.1 Å². The molecule has 0 aliphatic carbocycles. The number of aromatic carboxylic acids is 1. The number of hydrogen-bond acceptors (Lipinski definition) is 4. The molecule has 0 aromatic carbocycles. The van der Waals surface area contributed by atoms with E-state index >= 15 is 0 Å². The number of carbonyl (C=O) groups is 2. The van der Waals surface area contributed by atoms with Crippen molar-refractivity contribution in [3.63, 3.8) is 0 Å². The number of carboxylic acids is 1.